The first-order valence-corrected chi connectivity index (χ1v) is 9.26. The number of carbonyl (C=O) groups is 1. The van der Waals surface area contributed by atoms with Crippen molar-refractivity contribution in [3.63, 3.8) is 0 Å². The predicted octanol–water partition coefficient (Wildman–Crippen LogP) is 3.04. The molecule has 0 aromatic carbocycles. The average Bonchev–Trinajstić information content (AvgIpc) is 3.36. The van der Waals surface area contributed by atoms with Crippen LogP contribution in [-0.2, 0) is 0 Å². The van der Waals surface area contributed by atoms with Gasteiger partial charge in [-0.15, -0.1) is 0 Å². The summed E-state index contributed by atoms with van der Waals surface area (Å²) in [5.74, 6) is 2.02. The van der Waals surface area contributed by atoms with Gasteiger partial charge in [-0.05, 0) is 62.3 Å². The highest BCUT2D eigenvalue weighted by Gasteiger charge is 2.40. The molecule has 1 N–H and O–H groups in total. The first-order chi connectivity index (χ1) is 12.7. The summed E-state index contributed by atoms with van der Waals surface area (Å²) >= 11 is 0. The molecule has 2 aliphatic carbocycles. The Morgan fingerprint density at radius 3 is 2.85 bits per heavy atom. The van der Waals surface area contributed by atoms with E-state index in [1.165, 1.54) is 19.3 Å². The molecule has 2 saturated carbocycles. The van der Waals surface area contributed by atoms with Crippen LogP contribution in [0, 0.1) is 18.8 Å². The van der Waals surface area contributed by atoms with E-state index in [9.17, 15) is 4.79 Å². The average molecular weight is 347 g/mol. The molecule has 5 rings (SSSR count). The van der Waals surface area contributed by atoms with Crippen molar-refractivity contribution in [2.24, 2.45) is 11.8 Å². The fourth-order valence-electron chi connectivity index (χ4n) is 4.54. The summed E-state index contributed by atoms with van der Waals surface area (Å²) < 4.78 is 1.90. The van der Waals surface area contributed by atoms with E-state index >= 15 is 0 Å². The second-order valence-corrected chi connectivity index (χ2v) is 7.54. The van der Waals surface area contributed by atoms with Gasteiger partial charge in [-0.25, -0.2) is 15.0 Å². The van der Waals surface area contributed by atoms with E-state index in [-0.39, 0.29) is 5.91 Å². The van der Waals surface area contributed by atoms with Gasteiger partial charge < -0.3 is 5.32 Å². The topological polar surface area (TPSA) is 72.7 Å². The summed E-state index contributed by atoms with van der Waals surface area (Å²) in [7, 11) is 0. The number of aryl methyl sites for hydroxylation is 1. The van der Waals surface area contributed by atoms with Gasteiger partial charge in [0.05, 0.1) is 11.0 Å². The Labute approximate surface area is 151 Å². The molecule has 2 bridgehead atoms. The Bertz CT molecular complexity index is 995. The Hall–Kier alpha value is -2.76. The summed E-state index contributed by atoms with van der Waals surface area (Å²) in [4.78, 5) is 26.0. The quantitative estimate of drug-likeness (QED) is 0.790. The Morgan fingerprint density at radius 2 is 2.08 bits per heavy atom. The molecular formula is C20H21N5O. The molecular weight excluding hydrogens is 326 g/mol. The van der Waals surface area contributed by atoms with E-state index in [2.05, 4.69) is 20.3 Å². The number of hydrogen-bond acceptors (Lipinski definition) is 4. The van der Waals surface area contributed by atoms with Gasteiger partial charge in [-0.2, -0.15) is 0 Å². The standard InChI is InChI=1S/C20H21N5O/c1-12-6-8-21-20(22-12)25-9-7-15-18(25)5-4-16(23-15)19(26)24-17-11-13-2-3-14(17)10-13/h4-9,13-14,17H,2-3,10-11H2,1H3,(H,24,26)/t13-,14+,17-/m1/s1. The van der Waals surface area contributed by atoms with Gasteiger partial charge in [0.25, 0.3) is 5.91 Å². The van der Waals surface area contributed by atoms with Crippen molar-refractivity contribution in [2.75, 3.05) is 0 Å². The van der Waals surface area contributed by atoms with E-state index in [1.54, 1.807) is 12.3 Å². The van der Waals surface area contributed by atoms with Gasteiger partial charge in [0, 0.05) is 24.1 Å². The summed E-state index contributed by atoms with van der Waals surface area (Å²) in [6.07, 6.45) is 8.62. The van der Waals surface area contributed by atoms with Crippen molar-refractivity contribution in [1.29, 1.82) is 0 Å². The highest BCUT2D eigenvalue weighted by Crippen LogP contribution is 2.44. The SMILES string of the molecule is Cc1ccnc(-n2ccc3nc(C(=O)N[C@@H]4C[C@@H]5CC[C@H]4C5)ccc32)n1. The van der Waals surface area contributed by atoms with Gasteiger partial charge in [0.2, 0.25) is 5.95 Å². The molecule has 0 spiro atoms. The number of carbonyl (C=O) groups excluding carboxylic acids is 1. The molecule has 0 radical (unpaired) electrons. The fraction of sp³-hybridized carbons (Fsp3) is 0.400. The number of fused-ring (bicyclic) bond motifs is 3. The van der Waals surface area contributed by atoms with Crippen molar-refractivity contribution in [1.82, 2.24) is 24.8 Å². The smallest absolute Gasteiger partial charge is 0.270 e. The molecule has 0 saturated heterocycles. The van der Waals surface area contributed by atoms with Crippen molar-refractivity contribution in [3.8, 4) is 5.95 Å². The number of amides is 1. The zero-order chi connectivity index (χ0) is 17.7. The van der Waals surface area contributed by atoms with Gasteiger partial charge in [0.1, 0.15) is 5.69 Å². The first kappa shape index (κ1) is 15.5. The van der Waals surface area contributed by atoms with Gasteiger partial charge in [0.15, 0.2) is 0 Å². The number of aromatic nitrogens is 4. The second kappa shape index (κ2) is 5.90. The molecule has 3 heterocycles. The fourth-order valence-corrected chi connectivity index (χ4v) is 4.54. The number of nitrogens with one attached hydrogen (secondary N) is 1. The van der Waals surface area contributed by atoms with Crippen molar-refractivity contribution < 1.29 is 4.79 Å². The van der Waals surface area contributed by atoms with Crippen LogP contribution in [0.3, 0.4) is 0 Å². The molecule has 6 nitrogen and oxygen atoms in total. The minimum Gasteiger partial charge on any atom is -0.348 e. The maximum Gasteiger partial charge on any atom is 0.270 e. The molecule has 0 unspecified atom stereocenters. The molecule has 6 heteroatoms. The predicted molar refractivity (Wildman–Crippen MR) is 98.1 cm³/mol. The van der Waals surface area contributed by atoms with Crippen LogP contribution < -0.4 is 5.32 Å². The number of pyridine rings is 1. The number of rotatable bonds is 3. The molecule has 3 aromatic rings. The van der Waals surface area contributed by atoms with E-state index < -0.39 is 0 Å². The zero-order valence-electron chi connectivity index (χ0n) is 14.7. The first-order valence-electron chi connectivity index (χ1n) is 9.26. The van der Waals surface area contributed by atoms with E-state index in [0.717, 1.165) is 29.1 Å². The molecule has 132 valence electrons. The van der Waals surface area contributed by atoms with E-state index in [1.807, 2.05) is 35.9 Å². The zero-order valence-corrected chi connectivity index (χ0v) is 14.7. The monoisotopic (exact) mass is 347 g/mol. The molecule has 3 aromatic heterocycles. The van der Waals surface area contributed by atoms with Crippen molar-refractivity contribution in [3.05, 3.63) is 48.0 Å². The molecule has 0 aliphatic heterocycles. The third kappa shape index (κ3) is 2.57. The van der Waals surface area contributed by atoms with Crippen LogP contribution in [0.15, 0.2) is 36.7 Å². The third-order valence-corrected chi connectivity index (χ3v) is 5.83. The molecule has 2 aliphatic rings. The summed E-state index contributed by atoms with van der Waals surface area (Å²) in [5.41, 5.74) is 3.05. The number of hydrogen-bond donors (Lipinski definition) is 1. The van der Waals surface area contributed by atoms with Crippen LogP contribution in [0.4, 0.5) is 0 Å². The summed E-state index contributed by atoms with van der Waals surface area (Å²) in [6, 6.07) is 7.80. The van der Waals surface area contributed by atoms with Gasteiger partial charge >= 0.3 is 0 Å². The van der Waals surface area contributed by atoms with E-state index in [4.69, 9.17) is 0 Å². The molecule has 26 heavy (non-hydrogen) atoms. The summed E-state index contributed by atoms with van der Waals surface area (Å²) in [5, 5.41) is 3.20. The molecule has 1 amide bonds. The minimum atomic E-state index is -0.0657. The highest BCUT2D eigenvalue weighted by molar-refractivity contribution is 5.94. The van der Waals surface area contributed by atoms with Crippen LogP contribution in [-0.4, -0.2) is 31.5 Å². The Morgan fingerprint density at radius 1 is 1.15 bits per heavy atom. The van der Waals surface area contributed by atoms with Crippen LogP contribution in [0.25, 0.3) is 17.0 Å². The van der Waals surface area contributed by atoms with Crippen molar-refractivity contribution in [2.45, 2.75) is 38.6 Å². The highest BCUT2D eigenvalue weighted by atomic mass is 16.1. The lowest BCUT2D eigenvalue weighted by atomic mass is 9.95. The van der Waals surface area contributed by atoms with Crippen LogP contribution in [0.5, 0.6) is 0 Å². The van der Waals surface area contributed by atoms with Crippen LogP contribution in [0.2, 0.25) is 0 Å². The second-order valence-electron chi connectivity index (χ2n) is 7.54. The van der Waals surface area contributed by atoms with Crippen molar-refractivity contribution >= 4 is 16.9 Å². The molecule has 3 atom stereocenters. The largest absolute Gasteiger partial charge is 0.348 e. The Kier molecular flexibility index (Phi) is 3.51. The third-order valence-electron chi connectivity index (χ3n) is 5.83. The van der Waals surface area contributed by atoms with Crippen LogP contribution in [0.1, 0.15) is 41.9 Å². The Balaban J connectivity index is 1.41. The van der Waals surface area contributed by atoms with Gasteiger partial charge in [-0.1, -0.05) is 6.42 Å². The molecule has 2 fully saturated rings. The normalized spacial score (nSPS) is 24.3. The van der Waals surface area contributed by atoms with Gasteiger partial charge in [-0.3, -0.25) is 9.36 Å². The lowest BCUT2D eigenvalue weighted by Crippen LogP contribution is -2.38. The number of nitrogens with zero attached hydrogens (tertiary/aromatic N) is 4. The van der Waals surface area contributed by atoms with E-state index in [0.29, 0.717) is 23.6 Å². The van der Waals surface area contributed by atoms with Crippen LogP contribution >= 0.6 is 0 Å². The lowest BCUT2D eigenvalue weighted by Gasteiger charge is -2.22. The minimum absolute atomic E-state index is 0.0657. The maximum atomic E-state index is 12.6. The maximum absolute atomic E-state index is 12.6. The lowest BCUT2D eigenvalue weighted by molar-refractivity contribution is 0.0918. The summed E-state index contributed by atoms with van der Waals surface area (Å²) in [6.45, 7) is 1.94.